The third kappa shape index (κ3) is 6.35. The van der Waals surface area contributed by atoms with Gasteiger partial charge in [-0.1, -0.05) is 12.1 Å². The van der Waals surface area contributed by atoms with E-state index in [1.165, 1.54) is 0 Å². The molecule has 0 saturated carbocycles. The quantitative estimate of drug-likeness (QED) is 0.640. The Kier molecular flexibility index (Phi) is 7.48. The third-order valence-electron chi connectivity index (χ3n) is 3.65. The SMILES string of the molecule is CCOc1ccc(S(=O)(=O)NCCCc2cccc(OC(C)C)c2)cc1. The zero-order chi connectivity index (χ0) is 19.0. The number of hydrogen-bond donors (Lipinski definition) is 1. The summed E-state index contributed by atoms with van der Waals surface area (Å²) in [5.74, 6) is 1.50. The average Bonchev–Trinajstić information content (AvgIpc) is 2.59. The maximum atomic E-state index is 12.3. The van der Waals surface area contributed by atoms with Crippen molar-refractivity contribution in [3.8, 4) is 11.5 Å². The smallest absolute Gasteiger partial charge is 0.240 e. The average molecular weight is 378 g/mol. The molecule has 0 spiro atoms. The summed E-state index contributed by atoms with van der Waals surface area (Å²) in [6, 6.07) is 14.3. The molecule has 0 aliphatic heterocycles. The molecule has 6 heteroatoms. The zero-order valence-corrected chi connectivity index (χ0v) is 16.4. The lowest BCUT2D eigenvalue weighted by Gasteiger charge is -2.11. The standard InChI is InChI=1S/C20H27NO4S/c1-4-24-18-10-12-20(13-11-18)26(22,23)21-14-6-8-17-7-5-9-19(15-17)25-16(2)3/h5,7,9-13,15-16,21H,4,6,8,14H2,1-3H3. The summed E-state index contributed by atoms with van der Waals surface area (Å²) < 4.78 is 38.3. The summed E-state index contributed by atoms with van der Waals surface area (Å²) in [6.45, 7) is 6.79. The molecule has 2 aromatic rings. The Morgan fingerprint density at radius 1 is 1.04 bits per heavy atom. The lowest BCUT2D eigenvalue weighted by atomic mass is 10.1. The molecule has 0 radical (unpaired) electrons. The van der Waals surface area contributed by atoms with Gasteiger partial charge >= 0.3 is 0 Å². The molecule has 0 bridgehead atoms. The van der Waals surface area contributed by atoms with Gasteiger partial charge in [-0.15, -0.1) is 0 Å². The Morgan fingerprint density at radius 2 is 1.77 bits per heavy atom. The molecule has 0 aromatic heterocycles. The van der Waals surface area contributed by atoms with Crippen LogP contribution in [-0.4, -0.2) is 27.7 Å². The topological polar surface area (TPSA) is 64.6 Å². The summed E-state index contributed by atoms with van der Waals surface area (Å²) >= 11 is 0. The number of nitrogens with one attached hydrogen (secondary N) is 1. The van der Waals surface area contributed by atoms with Crippen LogP contribution in [0, 0.1) is 0 Å². The minimum Gasteiger partial charge on any atom is -0.494 e. The van der Waals surface area contributed by atoms with Crippen LogP contribution in [0.3, 0.4) is 0 Å². The molecule has 2 aromatic carbocycles. The summed E-state index contributed by atoms with van der Waals surface area (Å²) in [5.41, 5.74) is 1.13. The first-order valence-electron chi connectivity index (χ1n) is 8.89. The zero-order valence-electron chi connectivity index (χ0n) is 15.6. The fourth-order valence-corrected chi connectivity index (χ4v) is 3.58. The first kappa shape index (κ1) is 20.3. The van der Waals surface area contributed by atoms with Crippen LogP contribution in [0.15, 0.2) is 53.4 Å². The second-order valence-electron chi connectivity index (χ2n) is 6.22. The molecule has 0 atom stereocenters. The molecule has 0 amide bonds. The van der Waals surface area contributed by atoms with Crippen molar-refractivity contribution < 1.29 is 17.9 Å². The van der Waals surface area contributed by atoms with Crippen molar-refractivity contribution in [1.82, 2.24) is 4.72 Å². The number of rotatable bonds is 10. The first-order chi connectivity index (χ1) is 12.4. The Hall–Kier alpha value is -2.05. The second kappa shape index (κ2) is 9.59. The van der Waals surface area contributed by atoms with Gasteiger partial charge in [-0.05, 0) is 75.6 Å². The van der Waals surface area contributed by atoms with E-state index in [-0.39, 0.29) is 11.0 Å². The highest BCUT2D eigenvalue weighted by Crippen LogP contribution is 2.17. The fourth-order valence-electron chi connectivity index (χ4n) is 2.51. The van der Waals surface area contributed by atoms with E-state index >= 15 is 0 Å². The van der Waals surface area contributed by atoms with Crippen molar-refractivity contribution >= 4 is 10.0 Å². The number of sulfonamides is 1. The summed E-state index contributed by atoms with van der Waals surface area (Å²) in [6.07, 6.45) is 1.62. The molecule has 0 heterocycles. The van der Waals surface area contributed by atoms with Crippen molar-refractivity contribution in [1.29, 1.82) is 0 Å². The Balaban J connectivity index is 1.85. The van der Waals surface area contributed by atoms with Crippen LogP contribution in [0.5, 0.6) is 11.5 Å². The minimum atomic E-state index is -3.50. The molecular formula is C20H27NO4S. The van der Waals surface area contributed by atoms with Crippen LogP contribution in [0.25, 0.3) is 0 Å². The highest BCUT2D eigenvalue weighted by atomic mass is 32.2. The molecule has 142 valence electrons. The van der Waals surface area contributed by atoms with Gasteiger partial charge in [0.1, 0.15) is 11.5 Å². The predicted molar refractivity (Wildman–Crippen MR) is 103 cm³/mol. The first-order valence-corrected chi connectivity index (χ1v) is 10.4. The van der Waals surface area contributed by atoms with Crippen LogP contribution in [0.2, 0.25) is 0 Å². The van der Waals surface area contributed by atoms with E-state index in [4.69, 9.17) is 9.47 Å². The molecule has 2 rings (SSSR count). The summed E-state index contributed by atoms with van der Waals surface area (Å²) in [5, 5.41) is 0. The molecule has 0 aliphatic carbocycles. The van der Waals surface area contributed by atoms with Gasteiger partial charge in [-0.2, -0.15) is 0 Å². The van der Waals surface area contributed by atoms with Crippen LogP contribution in [0.4, 0.5) is 0 Å². The van der Waals surface area contributed by atoms with Crippen molar-refractivity contribution in [3.63, 3.8) is 0 Å². The molecular weight excluding hydrogens is 350 g/mol. The van der Waals surface area contributed by atoms with Crippen molar-refractivity contribution in [2.45, 2.75) is 44.6 Å². The van der Waals surface area contributed by atoms with Gasteiger partial charge in [-0.3, -0.25) is 0 Å². The molecule has 0 saturated heterocycles. The van der Waals surface area contributed by atoms with E-state index in [9.17, 15) is 8.42 Å². The lowest BCUT2D eigenvalue weighted by molar-refractivity contribution is 0.242. The normalized spacial score (nSPS) is 11.5. The van der Waals surface area contributed by atoms with Crippen molar-refractivity contribution in [2.24, 2.45) is 0 Å². The van der Waals surface area contributed by atoms with Gasteiger partial charge in [0.25, 0.3) is 0 Å². The molecule has 0 fully saturated rings. The monoisotopic (exact) mass is 377 g/mol. The van der Waals surface area contributed by atoms with Gasteiger partial charge < -0.3 is 9.47 Å². The summed E-state index contributed by atoms with van der Waals surface area (Å²) in [7, 11) is -3.50. The van der Waals surface area contributed by atoms with E-state index in [0.29, 0.717) is 25.3 Å². The van der Waals surface area contributed by atoms with E-state index < -0.39 is 10.0 Å². The molecule has 26 heavy (non-hydrogen) atoms. The van der Waals surface area contributed by atoms with Crippen LogP contribution >= 0.6 is 0 Å². The Labute approximate surface area is 156 Å². The minimum absolute atomic E-state index is 0.131. The fraction of sp³-hybridized carbons (Fsp3) is 0.400. The van der Waals surface area contributed by atoms with Gasteiger partial charge in [0.05, 0.1) is 17.6 Å². The van der Waals surface area contributed by atoms with Gasteiger partial charge in [0, 0.05) is 6.54 Å². The Morgan fingerprint density at radius 3 is 2.42 bits per heavy atom. The van der Waals surface area contributed by atoms with E-state index in [2.05, 4.69) is 4.72 Å². The number of aryl methyl sites for hydroxylation is 1. The van der Waals surface area contributed by atoms with Crippen molar-refractivity contribution in [3.05, 3.63) is 54.1 Å². The molecule has 0 unspecified atom stereocenters. The maximum Gasteiger partial charge on any atom is 0.240 e. The van der Waals surface area contributed by atoms with E-state index in [1.807, 2.05) is 45.0 Å². The molecule has 5 nitrogen and oxygen atoms in total. The number of hydrogen-bond acceptors (Lipinski definition) is 4. The molecule has 1 N–H and O–H groups in total. The van der Waals surface area contributed by atoms with Crippen LogP contribution < -0.4 is 14.2 Å². The van der Waals surface area contributed by atoms with Gasteiger partial charge in [0.15, 0.2) is 0 Å². The second-order valence-corrected chi connectivity index (χ2v) is 7.99. The molecule has 0 aliphatic rings. The maximum absolute atomic E-state index is 12.3. The van der Waals surface area contributed by atoms with Crippen LogP contribution in [-0.2, 0) is 16.4 Å². The highest BCUT2D eigenvalue weighted by Gasteiger charge is 2.13. The predicted octanol–water partition coefficient (Wildman–Crippen LogP) is 3.78. The third-order valence-corrected chi connectivity index (χ3v) is 5.13. The largest absolute Gasteiger partial charge is 0.494 e. The van der Waals surface area contributed by atoms with Crippen LogP contribution in [0.1, 0.15) is 32.8 Å². The van der Waals surface area contributed by atoms with Crippen molar-refractivity contribution in [2.75, 3.05) is 13.2 Å². The Bertz CT molecular complexity index is 786. The number of benzene rings is 2. The van der Waals surface area contributed by atoms with Gasteiger partial charge in [-0.25, -0.2) is 13.1 Å². The summed E-state index contributed by atoms with van der Waals surface area (Å²) in [4.78, 5) is 0.244. The highest BCUT2D eigenvalue weighted by molar-refractivity contribution is 7.89. The van der Waals surface area contributed by atoms with Gasteiger partial charge in [0.2, 0.25) is 10.0 Å². The lowest BCUT2D eigenvalue weighted by Crippen LogP contribution is -2.25. The number of ether oxygens (including phenoxy) is 2. The van der Waals surface area contributed by atoms with E-state index in [0.717, 1.165) is 17.7 Å². The van der Waals surface area contributed by atoms with E-state index in [1.54, 1.807) is 24.3 Å².